The SMILES string of the molecule is CCCCCCCCCCCCCC(=O)N(C)CCOc1ccccc1C(C)N(c1cc(F)ccc1F)S(=O)(=O)c1ccc(Cl)cc1. The number of anilines is 1. The van der Waals surface area contributed by atoms with Crippen LogP contribution in [0.2, 0.25) is 5.02 Å². The summed E-state index contributed by atoms with van der Waals surface area (Å²) < 4.78 is 64.3. The summed E-state index contributed by atoms with van der Waals surface area (Å²) in [5.74, 6) is -1.25. The van der Waals surface area contributed by atoms with E-state index < -0.39 is 33.4 Å². The van der Waals surface area contributed by atoms with Crippen LogP contribution in [0.4, 0.5) is 14.5 Å². The van der Waals surface area contributed by atoms with Crippen molar-refractivity contribution in [2.24, 2.45) is 0 Å². The van der Waals surface area contributed by atoms with Gasteiger partial charge >= 0.3 is 0 Å². The number of carbonyl (C=O) groups is 1. The summed E-state index contributed by atoms with van der Waals surface area (Å²) in [5, 5.41) is 0.335. The van der Waals surface area contributed by atoms with Gasteiger partial charge in [-0.3, -0.25) is 9.10 Å². The van der Waals surface area contributed by atoms with E-state index in [0.717, 1.165) is 41.8 Å². The van der Waals surface area contributed by atoms with Gasteiger partial charge in [-0.2, -0.15) is 0 Å². The van der Waals surface area contributed by atoms with E-state index in [4.69, 9.17) is 16.3 Å². The summed E-state index contributed by atoms with van der Waals surface area (Å²) >= 11 is 5.98. The number of unbranched alkanes of at least 4 members (excludes halogenated alkanes) is 10. The first-order valence-electron chi connectivity index (χ1n) is 16.8. The number of nitrogens with zero attached hydrogens (tertiary/aromatic N) is 2. The second-order valence-electron chi connectivity index (χ2n) is 12.0. The molecule has 0 bridgehead atoms. The molecule has 0 fully saturated rings. The maximum absolute atomic E-state index is 15.1. The Hall–Kier alpha value is -3.17. The van der Waals surface area contributed by atoms with Gasteiger partial charge in [-0.05, 0) is 55.8 Å². The van der Waals surface area contributed by atoms with Crippen LogP contribution in [0.1, 0.15) is 103 Å². The van der Waals surface area contributed by atoms with Crippen molar-refractivity contribution in [1.82, 2.24) is 4.90 Å². The molecule has 1 unspecified atom stereocenters. The number of hydrogen-bond donors (Lipinski definition) is 0. The van der Waals surface area contributed by atoms with Gasteiger partial charge in [-0.15, -0.1) is 0 Å². The van der Waals surface area contributed by atoms with Gasteiger partial charge in [0.15, 0.2) is 0 Å². The Morgan fingerprint density at radius 1 is 0.851 bits per heavy atom. The Kier molecular flexibility index (Phi) is 16.0. The van der Waals surface area contributed by atoms with Crippen LogP contribution in [0.15, 0.2) is 71.6 Å². The zero-order valence-corrected chi connectivity index (χ0v) is 29.5. The molecular weight excluding hydrogens is 642 g/mol. The third-order valence-corrected chi connectivity index (χ3v) is 10.5. The van der Waals surface area contributed by atoms with Gasteiger partial charge in [0.1, 0.15) is 24.0 Å². The minimum atomic E-state index is -4.38. The summed E-state index contributed by atoms with van der Waals surface area (Å²) in [5.41, 5.74) is 0.0126. The molecule has 1 atom stereocenters. The van der Waals surface area contributed by atoms with Crippen molar-refractivity contribution in [3.63, 3.8) is 0 Å². The van der Waals surface area contributed by atoms with Crippen LogP contribution in [0.3, 0.4) is 0 Å². The number of rotatable bonds is 21. The molecule has 0 aromatic heterocycles. The number of sulfonamides is 1. The molecule has 47 heavy (non-hydrogen) atoms. The van der Waals surface area contributed by atoms with Crippen molar-refractivity contribution in [2.75, 3.05) is 24.5 Å². The van der Waals surface area contributed by atoms with E-state index in [1.165, 1.54) is 75.6 Å². The highest BCUT2D eigenvalue weighted by atomic mass is 35.5. The van der Waals surface area contributed by atoms with Gasteiger partial charge in [0.2, 0.25) is 5.91 Å². The Bertz CT molecular complexity index is 1500. The van der Waals surface area contributed by atoms with Crippen molar-refractivity contribution in [3.8, 4) is 5.75 Å². The molecule has 0 spiro atoms. The van der Waals surface area contributed by atoms with Crippen molar-refractivity contribution in [1.29, 1.82) is 0 Å². The Morgan fingerprint density at radius 2 is 1.45 bits per heavy atom. The van der Waals surface area contributed by atoms with E-state index in [1.54, 1.807) is 43.1 Å². The Labute approximate surface area is 285 Å². The average Bonchev–Trinajstić information content (AvgIpc) is 3.05. The lowest BCUT2D eigenvalue weighted by Crippen LogP contribution is -2.35. The predicted molar refractivity (Wildman–Crippen MR) is 187 cm³/mol. The molecular formula is C37H49ClF2N2O4S. The molecule has 0 saturated heterocycles. The summed E-state index contributed by atoms with van der Waals surface area (Å²) in [4.78, 5) is 14.2. The molecule has 0 aliphatic carbocycles. The maximum Gasteiger partial charge on any atom is 0.264 e. The van der Waals surface area contributed by atoms with Crippen molar-refractivity contribution >= 4 is 33.2 Å². The topological polar surface area (TPSA) is 66.9 Å². The number of hydrogen-bond acceptors (Lipinski definition) is 4. The molecule has 3 aromatic carbocycles. The Balaban J connectivity index is 1.60. The summed E-state index contributed by atoms with van der Waals surface area (Å²) in [6.07, 6.45) is 13.9. The van der Waals surface area contributed by atoms with Crippen LogP contribution in [0.25, 0.3) is 0 Å². The highest BCUT2D eigenvalue weighted by Crippen LogP contribution is 2.38. The highest BCUT2D eigenvalue weighted by molar-refractivity contribution is 7.92. The molecule has 0 N–H and O–H groups in total. The number of carbonyl (C=O) groups excluding carboxylic acids is 1. The third kappa shape index (κ3) is 11.8. The zero-order chi connectivity index (χ0) is 34.2. The molecule has 258 valence electrons. The minimum absolute atomic E-state index is 0.0491. The van der Waals surface area contributed by atoms with Crippen LogP contribution < -0.4 is 9.04 Å². The largest absolute Gasteiger partial charge is 0.491 e. The van der Waals surface area contributed by atoms with E-state index in [9.17, 15) is 17.6 Å². The quantitative estimate of drug-likeness (QED) is 0.104. The van der Waals surface area contributed by atoms with E-state index in [0.29, 0.717) is 29.3 Å². The van der Waals surface area contributed by atoms with Gasteiger partial charge in [0, 0.05) is 30.1 Å². The van der Waals surface area contributed by atoms with Gasteiger partial charge in [-0.25, -0.2) is 17.2 Å². The second kappa shape index (κ2) is 19.6. The Morgan fingerprint density at radius 3 is 2.09 bits per heavy atom. The maximum atomic E-state index is 15.1. The van der Waals surface area contributed by atoms with Crippen LogP contribution in [-0.2, 0) is 14.8 Å². The molecule has 0 aliphatic heterocycles. The first-order chi connectivity index (χ1) is 22.6. The monoisotopic (exact) mass is 690 g/mol. The normalized spacial score (nSPS) is 12.1. The lowest BCUT2D eigenvalue weighted by atomic mass is 10.1. The number of benzene rings is 3. The number of para-hydroxylation sites is 1. The molecule has 6 nitrogen and oxygen atoms in total. The second-order valence-corrected chi connectivity index (χ2v) is 14.3. The summed E-state index contributed by atoms with van der Waals surface area (Å²) in [6, 6.07) is 14.0. The fourth-order valence-corrected chi connectivity index (χ4v) is 7.31. The molecule has 1 amide bonds. The number of likely N-dealkylation sites (N-methyl/N-ethyl adjacent to an activating group) is 1. The first-order valence-corrected chi connectivity index (χ1v) is 18.6. The van der Waals surface area contributed by atoms with Crippen molar-refractivity contribution in [2.45, 2.75) is 102 Å². The van der Waals surface area contributed by atoms with Gasteiger partial charge in [0.05, 0.1) is 23.2 Å². The molecule has 0 aliphatic rings. The number of ether oxygens (including phenoxy) is 1. The van der Waals surface area contributed by atoms with Gasteiger partial charge < -0.3 is 9.64 Å². The average molecular weight is 691 g/mol. The van der Waals surface area contributed by atoms with E-state index in [1.807, 2.05) is 0 Å². The van der Waals surface area contributed by atoms with Crippen molar-refractivity contribution in [3.05, 3.63) is 89.0 Å². The number of amides is 1. The molecule has 10 heteroatoms. The molecule has 0 saturated carbocycles. The fourth-order valence-electron chi connectivity index (χ4n) is 5.55. The van der Waals surface area contributed by atoms with Crippen molar-refractivity contribution < 1.29 is 26.7 Å². The summed E-state index contributed by atoms with van der Waals surface area (Å²) in [6.45, 7) is 4.33. The van der Waals surface area contributed by atoms with E-state index in [-0.39, 0.29) is 17.4 Å². The smallest absolute Gasteiger partial charge is 0.264 e. The zero-order valence-electron chi connectivity index (χ0n) is 27.9. The predicted octanol–water partition coefficient (Wildman–Crippen LogP) is 10.1. The molecule has 0 heterocycles. The van der Waals surface area contributed by atoms with Crippen LogP contribution in [0.5, 0.6) is 5.75 Å². The summed E-state index contributed by atoms with van der Waals surface area (Å²) in [7, 11) is -2.64. The van der Waals surface area contributed by atoms with Crippen LogP contribution in [-0.4, -0.2) is 39.4 Å². The molecule has 0 radical (unpaired) electrons. The standard InChI is InChI=1S/C37H49ClF2N2O4S/c1-4-5-6-7-8-9-10-11-12-13-14-19-37(43)41(3)26-27-46-36-18-16-15-17-33(36)29(2)42(35-28-31(39)22-25-34(35)40)47(44,45)32-23-20-30(38)21-24-32/h15-18,20-25,28-29H,4-14,19,26-27H2,1-3H3. The minimum Gasteiger partial charge on any atom is -0.491 e. The van der Waals surface area contributed by atoms with Gasteiger partial charge in [-0.1, -0.05) is 101 Å². The van der Waals surface area contributed by atoms with E-state index in [2.05, 4.69) is 6.92 Å². The lowest BCUT2D eigenvalue weighted by Gasteiger charge is -2.32. The third-order valence-electron chi connectivity index (χ3n) is 8.34. The van der Waals surface area contributed by atoms with Gasteiger partial charge in [0.25, 0.3) is 10.0 Å². The van der Waals surface area contributed by atoms with E-state index >= 15 is 4.39 Å². The van der Waals surface area contributed by atoms with Crippen LogP contribution >= 0.6 is 11.6 Å². The molecule has 3 aromatic rings. The fraction of sp³-hybridized carbons (Fsp3) is 0.486. The highest BCUT2D eigenvalue weighted by Gasteiger charge is 2.34. The molecule has 3 rings (SSSR count). The number of halogens is 3. The first kappa shape index (κ1) is 38.3. The van der Waals surface area contributed by atoms with Crippen LogP contribution in [0, 0.1) is 11.6 Å². The lowest BCUT2D eigenvalue weighted by molar-refractivity contribution is -0.130.